The van der Waals surface area contributed by atoms with Crippen molar-refractivity contribution in [3.05, 3.63) is 86.6 Å². The Kier molecular flexibility index (Phi) is 8.64. The molecule has 1 aliphatic rings. The van der Waals surface area contributed by atoms with Crippen LogP contribution in [0.1, 0.15) is 39.8 Å². The van der Waals surface area contributed by atoms with Gasteiger partial charge in [0.15, 0.2) is 12.2 Å². The van der Waals surface area contributed by atoms with Crippen LogP contribution in [0.15, 0.2) is 60.7 Å². The Bertz CT molecular complexity index is 1220. The van der Waals surface area contributed by atoms with Gasteiger partial charge in [-0.2, -0.15) is 0 Å². The second kappa shape index (κ2) is 11.9. The van der Waals surface area contributed by atoms with Gasteiger partial charge in [0.25, 0.3) is 11.8 Å². The van der Waals surface area contributed by atoms with Gasteiger partial charge in [-0.15, -0.1) is 11.3 Å². The Morgan fingerprint density at radius 3 is 2.67 bits per heavy atom. The Morgan fingerprint density at radius 1 is 1.11 bits per heavy atom. The molecule has 1 saturated heterocycles. The SMILES string of the molecule is COc1ccccc1Cc1ccc(CNC(=O)[C@H](O)C(O)C(=O)N2CCC[C@@H]2c2cccc(Cl)c2)s1. The molecule has 2 aromatic carbocycles. The second-order valence-corrected chi connectivity index (χ2v) is 10.4. The first-order valence-corrected chi connectivity index (χ1v) is 13.0. The zero-order valence-electron chi connectivity index (χ0n) is 19.9. The highest BCUT2D eigenvalue weighted by Gasteiger charge is 2.38. The summed E-state index contributed by atoms with van der Waals surface area (Å²) in [7, 11) is 1.64. The highest BCUT2D eigenvalue weighted by atomic mass is 35.5. The third-order valence-electron chi connectivity index (χ3n) is 6.30. The van der Waals surface area contributed by atoms with Crippen molar-refractivity contribution in [2.24, 2.45) is 0 Å². The van der Waals surface area contributed by atoms with Crippen molar-refractivity contribution < 1.29 is 24.5 Å². The van der Waals surface area contributed by atoms with Crippen molar-refractivity contribution >= 4 is 34.8 Å². The van der Waals surface area contributed by atoms with Crippen LogP contribution in [0.4, 0.5) is 0 Å². The van der Waals surface area contributed by atoms with Crippen LogP contribution < -0.4 is 10.1 Å². The number of thiophene rings is 1. The maximum atomic E-state index is 13.0. The van der Waals surface area contributed by atoms with Crippen LogP contribution in [0.5, 0.6) is 5.75 Å². The summed E-state index contributed by atoms with van der Waals surface area (Å²) in [4.78, 5) is 29.0. The molecular weight excluding hydrogens is 500 g/mol. The van der Waals surface area contributed by atoms with Gasteiger partial charge in [0, 0.05) is 27.7 Å². The fourth-order valence-corrected chi connectivity index (χ4v) is 5.65. The number of halogens is 1. The molecule has 190 valence electrons. The Labute approximate surface area is 219 Å². The zero-order chi connectivity index (χ0) is 25.7. The van der Waals surface area contributed by atoms with Crippen LogP contribution in [-0.4, -0.2) is 52.8 Å². The number of ether oxygens (including phenoxy) is 1. The molecule has 3 N–H and O–H groups in total. The first-order valence-electron chi connectivity index (χ1n) is 11.8. The number of hydrogen-bond acceptors (Lipinski definition) is 6. The molecule has 1 aromatic heterocycles. The van der Waals surface area contributed by atoms with Crippen molar-refractivity contribution in [1.29, 1.82) is 0 Å². The van der Waals surface area contributed by atoms with E-state index in [1.54, 1.807) is 19.2 Å². The van der Waals surface area contributed by atoms with Gasteiger partial charge in [-0.1, -0.05) is 41.9 Å². The highest BCUT2D eigenvalue weighted by Crippen LogP contribution is 2.33. The van der Waals surface area contributed by atoms with Crippen LogP contribution in [-0.2, 0) is 22.6 Å². The molecule has 36 heavy (non-hydrogen) atoms. The molecule has 0 radical (unpaired) electrons. The molecule has 0 bridgehead atoms. The van der Waals surface area contributed by atoms with E-state index >= 15 is 0 Å². The van der Waals surface area contributed by atoms with Crippen LogP contribution in [0.2, 0.25) is 5.02 Å². The van der Waals surface area contributed by atoms with E-state index in [1.807, 2.05) is 48.5 Å². The maximum Gasteiger partial charge on any atom is 0.255 e. The van der Waals surface area contributed by atoms with Crippen molar-refractivity contribution in [1.82, 2.24) is 10.2 Å². The smallest absolute Gasteiger partial charge is 0.255 e. The van der Waals surface area contributed by atoms with Crippen LogP contribution in [0.25, 0.3) is 0 Å². The number of rotatable bonds is 9. The number of benzene rings is 2. The number of aliphatic hydroxyl groups excluding tert-OH is 2. The van der Waals surface area contributed by atoms with Gasteiger partial charge in [-0.05, 0) is 54.3 Å². The summed E-state index contributed by atoms with van der Waals surface area (Å²) in [6.07, 6.45) is -1.55. The minimum absolute atomic E-state index is 0.183. The first kappa shape index (κ1) is 26.2. The van der Waals surface area contributed by atoms with E-state index in [2.05, 4.69) is 5.32 Å². The lowest BCUT2D eigenvalue weighted by Crippen LogP contribution is -2.50. The number of carbonyl (C=O) groups is 2. The van der Waals surface area contributed by atoms with Crippen LogP contribution in [0, 0.1) is 0 Å². The molecule has 3 aromatic rings. The summed E-state index contributed by atoms with van der Waals surface area (Å²) in [6.45, 7) is 0.619. The molecular formula is C27H29ClN2O5S. The molecule has 0 spiro atoms. The molecule has 1 fully saturated rings. The standard InChI is InChI=1S/C27H29ClN2O5S/c1-35-23-10-3-2-6-18(23)15-20-11-12-21(36-20)16-29-26(33)24(31)25(32)27(34)30-13-5-9-22(30)17-7-4-8-19(28)14-17/h2-4,6-8,10-12,14,22,24-25,31-32H,5,9,13,15-16H2,1H3,(H,29,33)/t22-,24-,25?/m1/s1. The molecule has 2 amide bonds. The number of amides is 2. The minimum Gasteiger partial charge on any atom is -0.496 e. The molecule has 1 aliphatic heterocycles. The molecule has 4 rings (SSSR count). The Morgan fingerprint density at radius 2 is 1.89 bits per heavy atom. The van der Waals surface area contributed by atoms with E-state index in [0.717, 1.165) is 39.5 Å². The van der Waals surface area contributed by atoms with Gasteiger partial charge in [0.1, 0.15) is 5.75 Å². The molecule has 7 nitrogen and oxygen atoms in total. The second-order valence-electron chi connectivity index (χ2n) is 8.71. The molecule has 0 saturated carbocycles. The number of nitrogens with one attached hydrogen (secondary N) is 1. The van der Waals surface area contributed by atoms with E-state index in [9.17, 15) is 19.8 Å². The number of nitrogens with zero attached hydrogens (tertiary/aromatic N) is 1. The first-order chi connectivity index (χ1) is 17.4. The third kappa shape index (κ3) is 6.07. The summed E-state index contributed by atoms with van der Waals surface area (Å²) in [5.41, 5.74) is 1.92. The molecule has 0 aliphatic carbocycles. The highest BCUT2D eigenvalue weighted by molar-refractivity contribution is 7.12. The summed E-state index contributed by atoms with van der Waals surface area (Å²) < 4.78 is 5.40. The summed E-state index contributed by atoms with van der Waals surface area (Å²) in [6, 6.07) is 18.7. The quantitative estimate of drug-likeness (QED) is 0.393. The molecule has 1 unspecified atom stereocenters. The summed E-state index contributed by atoms with van der Waals surface area (Å²) in [5, 5.41) is 24.1. The van der Waals surface area contributed by atoms with E-state index in [4.69, 9.17) is 16.3 Å². The van der Waals surface area contributed by atoms with E-state index < -0.39 is 24.0 Å². The Hall–Kier alpha value is -2.91. The van der Waals surface area contributed by atoms with Gasteiger partial charge >= 0.3 is 0 Å². The third-order valence-corrected chi connectivity index (χ3v) is 7.62. The van der Waals surface area contributed by atoms with Crippen molar-refractivity contribution in [2.75, 3.05) is 13.7 Å². The number of carbonyl (C=O) groups excluding carboxylic acids is 2. The normalized spacial score (nSPS) is 17.0. The van der Waals surface area contributed by atoms with Gasteiger partial charge in [0.05, 0.1) is 19.7 Å². The van der Waals surface area contributed by atoms with E-state index in [-0.39, 0.29) is 12.6 Å². The molecule has 9 heteroatoms. The fraction of sp³-hybridized carbons (Fsp3) is 0.333. The Balaban J connectivity index is 1.32. The number of aliphatic hydroxyl groups is 2. The predicted octanol–water partition coefficient (Wildman–Crippen LogP) is 3.70. The lowest BCUT2D eigenvalue weighted by molar-refractivity contribution is -0.153. The van der Waals surface area contributed by atoms with Crippen molar-refractivity contribution in [3.63, 3.8) is 0 Å². The summed E-state index contributed by atoms with van der Waals surface area (Å²) >= 11 is 7.63. The zero-order valence-corrected chi connectivity index (χ0v) is 21.5. The van der Waals surface area contributed by atoms with Crippen LogP contribution in [0.3, 0.4) is 0 Å². The number of likely N-dealkylation sites (tertiary alicyclic amines) is 1. The van der Waals surface area contributed by atoms with Gasteiger partial charge in [-0.25, -0.2) is 0 Å². The van der Waals surface area contributed by atoms with Gasteiger partial charge < -0.3 is 25.2 Å². The number of para-hydroxylation sites is 1. The van der Waals surface area contributed by atoms with Crippen LogP contribution >= 0.6 is 22.9 Å². The maximum absolute atomic E-state index is 13.0. The summed E-state index contributed by atoms with van der Waals surface area (Å²) in [5.74, 6) is -0.650. The van der Waals surface area contributed by atoms with Crippen molar-refractivity contribution in [2.45, 2.75) is 44.1 Å². The topological polar surface area (TPSA) is 99.1 Å². The number of hydrogen-bond donors (Lipinski definition) is 3. The molecule has 2 heterocycles. The predicted molar refractivity (Wildman–Crippen MR) is 139 cm³/mol. The lowest BCUT2D eigenvalue weighted by atomic mass is 10.0. The fourth-order valence-electron chi connectivity index (χ4n) is 4.47. The average Bonchev–Trinajstić information content (AvgIpc) is 3.56. The largest absolute Gasteiger partial charge is 0.496 e. The lowest BCUT2D eigenvalue weighted by Gasteiger charge is -2.28. The van der Waals surface area contributed by atoms with Gasteiger partial charge in [0.2, 0.25) is 0 Å². The number of methoxy groups -OCH3 is 1. The minimum atomic E-state index is -1.87. The molecule has 3 atom stereocenters. The monoisotopic (exact) mass is 528 g/mol. The average molecular weight is 529 g/mol. The van der Waals surface area contributed by atoms with E-state index in [1.165, 1.54) is 16.2 Å². The van der Waals surface area contributed by atoms with E-state index in [0.29, 0.717) is 18.0 Å². The van der Waals surface area contributed by atoms with Crippen molar-refractivity contribution in [3.8, 4) is 5.75 Å². The van der Waals surface area contributed by atoms with Gasteiger partial charge in [-0.3, -0.25) is 9.59 Å².